The van der Waals surface area contributed by atoms with Crippen LogP contribution in [0.1, 0.15) is 34.6 Å². The lowest BCUT2D eigenvalue weighted by atomic mass is 10.4. The molecule has 0 aliphatic rings. The number of thioether (sulfide) groups is 2. The zero-order valence-electron chi connectivity index (χ0n) is 14.9. The molecular weight excluding hydrogens is 418 g/mol. The number of hydrogen-bond acceptors (Lipinski definition) is 6. The predicted octanol–water partition coefficient (Wildman–Crippen LogP) is 3.01. The van der Waals surface area contributed by atoms with Crippen molar-refractivity contribution in [3.63, 3.8) is 0 Å². The Morgan fingerprint density at radius 2 is 1.54 bits per heavy atom. The van der Waals surface area contributed by atoms with Crippen molar-refractivity contribution < 1.29 is 41.8 Å². The molecule has 0 fully saturated rings. The van der Waals surface area contributed by atoms with Gasteiger partial charge in [0.05, 0.1) is 6.61 Å². The second-order valence-electron chi connectivity index (χ2n) is 5.62. The minimum atomic E-state index is -5.43. The van der Waals surface area contributed by atoms with Crippen LogP contribution in [-0.4, -0.2) is 60.3 Å². The number of hydrogen-bond donors (Lipinski definition) is 2. The van der Waals surface area contributed by atoms with E-state index in [1.807, 2.05) is 0 Å². The van der Waals surface area contributed by atoms with Crippen molar-refractivity contribution in [1.29, 1.82) is 0 Å². The molecule has 0 unspecified atom stereocenters. The van der Waals surface area contributed by atoms with Gasteiger partial charge in [0.15, 0.2) is 0 Å². The van der Waals surface area contributed by atoms with Gasteiger partial charge in [-0.2, -0.15) is 13.2 Å². The fourth-order valence-electron chi connectivity index (χ4n) is 1.85. The van der Waals surface area contributed by atoms with Crippen LogP contribution in [0.3, 0.4) is 0 Å². The first-order valence-electron chi connectivity index (χ1n) is 7.54. The minimum Gasteiger partial charge on any atom is -0.465 e. The average Bonchev–Trinajstić information content (AvgIpc) is 2.40. The largest absolute Gasteiger partial charge is 0.471 e. The predicted molar refractivity (Wildman–Crippen MR) is 94.6 cm³/mol. The Labute approximate surface area is 158 Å². The van der Waals surface area contributed by atoms with E-state index in [-0.39, 0.29) is 11.5 Å². The van der Waals surface area contributed by atoms with Gasteiger partial charge in [-0.3, -0.25) is 19.1 Å². The summed E-state index contributed by atoms with van der Waals surface area (Å²) in [4.78, 5) is 43.5. The number of rotatable bonds is 9. The molecule has 0 rings (SSSR count). The van der Waals surface area contributed by atoms with Crippen molar-refractivity contribution in [2.75, 3.05) is 13.2 Å². The van der Waals surface area contributed by atoms with Crippen molar-refractivity contribution >= 4 is 43.0 Å². The maximum Gasteiger partial charge on any atom is 0.471 e. The molecule has 0 aromatic carbocycles. The van der Waals surface area contributed by atoms with Gasteiger partial charge in [-0.1, -0.05) is 27.7 Å². The quantitative estimate of drug-likeness (QED) is 0.320. The number of carbonyl (C=O) groups excluding carboxylic acids is 2. The number of nitrogens with zero attached hydrogens (tertiary/aromatic N) is 1. The lowest BCUT2D eigenvalue weighted by molar-refractivity contribution is -0.187. The summed E-state index contributed by atoms with van der Waals surface area (Å²) in [6, 6.07) is 0. The van der Waals surface area contributed by atoms with E-state index in [0.717, 1.165) is 0 Å². The lowest BCUT2D eigenvalue weighted by Crippen LogP contribution is -2.55. The molecule has 26 heavy (non-hydrogen) atoms. The van der Waals surface area contributed by atoms with Crippen molar-refractivity contribution in [2.45, 2.75) is 55.2 Å². The number of amides is 1. The third kappa shape index (κ3) is 6.95. The summed E-state index contributed by atoms with van der Waals surface area (Å²) >= 11 is 0.984. The minimum absolute atomic E-state index is 0.110. The Hall–Kier alpha value is -0.420. The van der Waals surface area contributed by atoms with Gasteiger partial charge in [-0.25, -0.2) is 0 Å². The van der Waals surface area contributed by atoms with E-state index in [9.17, 15) is 37.1 Å². The maximum atomic E-state index is 13.1. The van der Waals surface area contributed by atoms with E-state index in [0.29, 0.717) is 23.5 Å². The Morgan fingerprint density at radius 1 is 1.12 bits per heavy atom. The van der Waals surface area contributed by atoms with Gasteiger partial charge in [0.2, 0.25) is 3.94 Å². The molecule has 13 heteroatoms. The first-order chi connectivity index (χ1) is 11.6. The van der Waals surface area contributed by atoms with Gasteiger partial charge in [0.1, 0.15) is 6.54 Å². The van der Waals surface area contributed by atoms with Crippen molar-refractivity contribution in [3.05, 3.63) is 0 Å². The summed E-state index contributed by atoms with van der Waals surface area (Å²) in [5.74, 6) is -3.72. The third-order valence-electron chi connectivity index (χ3n) is 2.57. The molecule has 0 atom stereocenters. The molecule has 0 saturated heterocycles. The lowest BCUT2D eigenvalue weighted by Gasteiger charge is -2.43. The van der Waals surface area contributed by atoms with Crippen molar-refractivity contribution in [3.8, 4) is 0 Å². The van der Waals surface area contributed by atoms with Crippen molar-refractivity contribution in [2.24, 2.45) is 0 Å². The van der Waals surface area contributed by atoms with E-state index in [1.54, 1.807) is 0 Å². The summed E-state index contributed by atoms with van der Waals surface area (Å²) < 4.78 is 53.6. The summed E-state index contributed by atoms with van der Waals surface area (Å²) in [5.41, 5.74) is 0. The van der Waals surface area contributed by atoms with Crippen LogP contribution < -0.4 is 0 Å². The zero-order chi connectivity index (χ0) is 20.9. The monoisotopic (exact) mass is 441 g/mol. The molecule has 1 amide bonds. The summed E-state index contributed by atoms with van der Waals surface area (Å²) in [6.07, 6.45) is -5.43. The highest BCUT2D eigenvalue weighted by Gasteiger charge is 2.60. The summed E-state index contributed by atoms with van der Waals surface area (Å²) in [7, 11) is -5.35. The highest BCUT2D eigenvalue weighted by atomic mass is 32.2. The second kappa shape index (κ2) is 9.68. The normalized spacial score (nSPS) is 13.2. The molecule has 0 spiro atoms. The van der Waals surface area contributed by atoms with Gasteiger partial charge < -0.3 is 14.5 Å². The van der Waals surface area contributed by atoms with Gasteiger partial charge in [-0.05, 0) is 6.92 Å². The Morgan fingerprint density at radius 3 is 1.81 bits per heavy atom. The van der Waals surface area contributed by atoms with Crippen LogP contribution in [0.4, 0.5) is 13.2 Å². The molecule has 0 aromatic rings. The summed E-state index contributed by atoms with van der Waals surface area (Å²) in [5, 5.41) is -1.11. The molecule has 0 aliphatic heterocycles. The molecule has 0 heterocycles. The fourth-order valence-corrected chi connectivity index (χ4v) is 7.85. The number of alkyl halides is 3. The van der Waals surface area contributed by atoms with Crippen LogP contribution in [0.25, 0.3) is 0 Å². The molecule has 0 bridgehead atoms. The van der Waals surface area contributed by atoms with E-state index in [4.69, 9.17) is 0 Å². The Balaban J connectivity index is 6.49. The number of esters is 1. The number of ether oxygens (including phenoxy) is 1. The molecule has 0 saturated carbocycles. The molecule has 0 aromatic heterocycles. The molecule has 0 aliphatic carbocycles. The van der Waals surface area contributed by atoms with Crippen LogP contribution >= 0.6 is 31.1 Å². The Bertz CT molecular complexity index is 542. The first-order valence-corrected chi connectivity index (χ1v) is 10.9. The molecule has 7 nitrogen and oxygen atoms in total. The molecule has 2 N–H and O–H groups in total. The maximum absolute atomic E-state index is 13.1. The van der Waals surface area contributed by atoms with Crippen LogP contribution in [0.2, 0.25) is 0 Å². The highest BCUT2D eigenvalue weighted by molar-refractivity contribution is 8.25. The molecule has 154 valence electrons. The SMILES string of the molecule is CCOC(=O)CN(C(=O)C(F)(F)F)C(SC(C)C)(SC(C)C)P(=O)(O)O. The first kappa shape index (κ1) is 25.6. The van der Waals surface area contributed by atoms with Gasteiger partial charge in [0.25, 0.3) is 0 Å². The van der Waals surface area contributed by atoms with Crippen molar-refractivity contribution in [1.82, 2.24) is 4.90 Å². The van der Waals surface area contributed by atoms with E-state index in [2.05, 4.69) is 4.74 Å². The topological polar surface area (TPSA) is 104 Å². The average molecular weight is 441 g/mol. The third-order valence-corrected chi connectivity index (χ3v) is 8.18. The molecule has 0 radical (unpaired) electrons. The van der Waals surface area contributed by atoms with Gasteiger partial charge in [-0.15, -0.1) is 23.5 Å². The van der Waals surface area contributed by atoms with Gasteiger partial charge >= 0.3 is 25.6 Å². The smallest absolute Gasteiger partial charge is 0.465 e. The van der Waals surface area contributed by atoms with Gasteiger partial charge in [0, 0.05) is 10.5 Å². The standard InChI is InChI=1S/C13H23F3NO6PS2/c1-6-23-10(18)7-17(11(19)12(14,15)16)13(24(20,21)22,25-8(2)3)26-9(4)5/h8-9H,6-7H2,1-5H3,(H2,20,21,22). The van der Waals surface area contributed by atoms with Crippen LogP contribution in [0.15, 0.2) is 0 Å². The number of carbonyl (C=O) groups is 2. The second-order valence-corrected chi connectivity index (χ2v) is 11.8. The highest BCUT2D eigenvalue weighted by Crippen LogP contribution is 2.67. The van der Waals surface area contributed by atoms with Crippen LogP contribution in [0.5, 0.6) is 0 Å². The Kier molecular flexibility index (Phi) is 9.52. The van der Waals surface area contributed by atoms with E-state index in [1.165, 1.54) is 34.6 Å². The summed E-state index contributed by atoms with van der Waals surface area (Å²) in [6.45, 7) is 6.05. The van der Waals surface area contributed by atoms with Crippen LogP contribution in [0, 0.1) is 0 Å². The number of halogens is 3. The van der Waals surface area contributed by atoms with E-state index >= 15 is 0 Å². The zero-order valence-corrected chi connectivity index (χ0v) is 17.5. The van der Waals surface area contributed by atoms with E-state index < -0.39 is 46.6 Å². The molecular formula is C13H23F3NO6PS2. The van der Waals surface area contributed by atoms with Crippen LogP contribution in [-0.2, 0) is 18.9 Å². The fraction of sp³-hybridized carbons (Fsp3) is 0.846.